The Labute approximate surface area is 112 Å². The fourth-order valence-electron chi connectivity index (χ4n) is 2.80. The second kappa shape index (κ2) is 5.00. The van der Waals surface area contributed by atoms with Crippen molar-refractivity contribution >= 4 is 16.7 Å². The van der Waals surface area contributed by atoms with Gasteiger partial charge in [-0.25, -0.2) is 0 Å². The van der Waals surface area contributed by atoms with Crippen LogP contribution >= 0.6 is 0 Å². The topological polar surface area (TPSA) is 34.9 Å². The average molecular weight is 254 g/mol. The Morgan fingerprint density at radius 2 is 2.00 bits per heavy atom. The molecule has 0 aliphatic heterocycles. The molecule has 19 heavy (non-hydrogen) atoms. The van der Waals surface area contributed by atoms with Crippen LogP contribution in [0, 0.1) is 0 Å². The minimum Gasteiger partial charge on any atom is -0.295 e. The molecule has 0 radical (unpaired) electrons. The van der Waals surface area contributed by atoms with Gasteiger partial charge in [-0.1, -0.05) is 23.8 Å². The summed E-state index contributed by atoms with van der Waals surface area (Å²) < 4.78 is 1.92. The first kappa shape index (κ1) is 12.2. The molecule has 0 fully saturated rings. The van der Waals surface area contributed by atoms with Crippen LogP contribution in [0.5, 0.6) is 0 Å². The molecular weight excluding hydrogens is 236 g/mol. The van der Waals surface area contributed by atoms with Crippen LogP contribution in [0.1, 0.15) is 31.4 Å². The third-order valence-corrected chi connectivity index (χ3v) is 3.76. The molecule has 1 aliphatic rings. The van der Waals surface area contributed by atoms with Crippen LogP contribution in [0.3, 0.4) is 0 Å². The van der Waals surface area contributed by atoms with Gasteiger partial charge < -0.3 is 0 Å². The van der Waals surface area contributed by atoms with E-state index in [1.54, 1.807) is 0 Å². The zero-order valence-electron chi connectivity index (χ0n) is 11.2. The fraction of sp³-hybridized carbons (Fsp3) is 0.375. The lowest BCUT2D eigenvalue weighted by atomic mass is 10.0. The van der Waals surface area contributed by atoms with E-state index in [9.17, 15) is 4.79 Å². The Balaban J connectivity index is 1.95. The molecule has 0 amide bonds. The second-order valence-electron chi connectivity index (χ2n) is 5.24. The molecule has 0 saturated carbocycles. The van der Waals surface area contributed by atoms with Crippen LogP contribution in [0.25, 0.3) is 10.9 Å². The maximum Gasteiger partial charge on any atom is 0.155 e. The Morgan fingerprint density at radius 1 is 1.21 bits per heavy atom. The summed E-state index contributed by atoms with van der Waals surface area (Å²) in [5, 5.41) is 5.80. The number of hydrogen-bond acceptors (Lipinski definition) is 2. The van der Waals surface area contributed by atoms with Crippen molar-refractivity contribution in [3.05, 3.63) is 41.6 Å². The SMILES string of the molecule is Cn1nc(CC2=CC(=O)CCCC2)c2ccccc21. The summed E-state index contributed by atoms with van der Waals surface area (Å²) in [6.07, 6.45) is 6.50. The van der Waals surface area contributed by atoms with Crippen LogP contribution < -0.4 is 0 Å². The average Bonchev–Trinajstić information content (AvgIpc) is 2.58. The highest BCUT2D eigenvalue weighted by Crippen LogP contribution is 2.23. The van der Waals surface area contributed by atoms with Crippen LogP contribution in [0.4, 0.5) is 0 Å². The van der Waals surface area contributed by atoms with Gasteiger partial charge in [-0.15, -0.1) is 0 Å². The van der Waals surface area contributed by atoms with Gasteiger partial charge in [0.2, 0.25) is 0 Å². The van der Waals surface area contributed by atoms with Crippen LogP contribution in [-0.4, -0.2) is 15.6 Å². The number of fused-ring (bicyclic) bond motifs is 1. The number of carbonyl (C=O) groups is 1. The van der Waals surface area contributed by atoms with Crippen LogP contribution in [0.2, 0.25) is 0 Å². The number of aryl methyl sites for hydroxylation is 1. The standard InChI is InChI=1S/C16H18N2O/c1-18-16-9-5-4-8-14(16)15(17-18)11-12-6-2-3-7-13(19)10-12/h4-5,8-10H,2-3,6-7,11H2,1H3. The van der Waals surface area contributed by atoms with E-state index < -0.39 is 0 Å². The van der Waals surface area contributed by atoms with E-state index in [1.165, 1.54) is 11.0 Å². The smallest absolute Gasteiger partial charge is 0.155 e. The molecule has 2 aromatic rings. The van der Waals surface area contributed by atoms with Gasteiger partial charge in [0.05, 0.1) is 11.2 Å². The fourth-order valence-corrected chi connectivity index (χ4v) is 2.80. The maximum absolute atomic E-state index is 11.7. The van der Waals surface area contributed by atoms with Crippen molar-refractivity contribution < 1.29 is 4.79 Å². The van der Waals surface area contributed by atoms with Gasteiger partial charge in [-0.3, -0.25) is 9.48 Å². The van der Waals surface area contributed by atoms with Crippen molar-refractivity contribution in [3.8, 4) is 0 Å². The molecule has 1 heterocycles. The summed E-state index contributed by atoms with van der Waals surface area (Å²) in [6.45, 7) is 0. The number of hydrogen-bond donors (Lipinski definition) is 0. The van der Waals surface area contributed by atoms with Gasteiger partial charge in [0.1, 0.15) is 0 Å². The van der Waals surface area contributed by atoms with Crippen LogP contribution in [0.15, 0.2) is 35.9 Å². The molecule has 1 aliphatic carbocycles. The van der Waals surface area contributed by atoms with E-state index in [1.807, 2.05) is 29.9 Å². The largest absolute Gasteiger partial charge is 0.295 e. The van der Waals surface area contributed by atoms with E-state index >= 15 is 0 Å². The van der Waals surface area contributed by atoms with Crippen LogP contribution in [-0.2, 0) is 18.3 Å². The molecule has 98 valence electrons. The molecule has 3 nitrogen and oxygen atoms in total. The van der Waals surface area contributed by atoms with Crippen molar-refractivity contribution in [1.82, 2.24) is 9.78 Å². The van der Waals surface area contributed by atoms with Gasteiger partial charge in [0.25, 0.3) is 0 Å². The van der Waals surface area contributed by atoms with Gasteiger partial charge in [-0.05, 0) is 31.4 Å². The number of rotatable bonds is 2. The Hall–Kier alpha value is -1.90. The quantitative estimate of drug-likeness (QED) is 0.825. The summed E-state index contributed by atoms with van der Waals surface area (Å²) in [4.78, 5) is 11.7. The van der Waals surface area contributed by atoms with Crippen molar-refractivity contribution in [1.29, 1.82) is 0 Å². The molecule has 0 unspecified atom stereocenters. The molecule has 1 aromatic heterocycles. The third-order valence-electron chi connectivity index (χ3n) is 3.76. The number of carbonyl (C=O) groups excluding carboxylic acids is 1. The lowest BCUT2D eigenvalue weighted by molar-refractivity contribution is -0.114. The third kappa shape index (κ3) is 2.46. The number of aromatic nitrogens is 2. The molecule has 0 saturated heterocycles. The van der Waals surface area contributed by atoms with Gasteiger partial charge in [0, 0.05) is 25.3 Å². The number of ketones is 1. The van der Waals surface area contributed by atoms with E-state index in [0.29, 0.717) is 6.42 Å². The molecule has 3 heteroatoms. The lowest BCUT2D eigenvalue weighted by Gasteiger charge is -2.02. The van der Waals surface area contributed by atoms with E-state index in [-0.39, 0.29) is 5.78 Å². The van der Waals surface area contributed by atoms with E-state index in [0.717, 1.165) is 36.9 Å². The van der Waals surface area contributed by atoms with Crippen molar-refractivity contribution in [3.63, 3.8) is 0 Å². The Bertz CT molecular complexity index is 652. The predicted octanol–water partition coefficient (Wildman–Crippen LogP) is 3.19. The summed E-state index contributed by atoms with van der Waals surface area (Å²) in [7, 11) is 1.97. The molecule has 0 atom stereocenters. The summed E-state index contributed by atoms with van der Waals surface area (Å²) in [5.41, 5.74) is 3.46. The minimum atomic E-state index is 0.271. The van der Waals surface area contributed by atoms with E-state index in [2.05, 4.69) is 17.2 Å². The maximum atomic E-state index is 11.7. The first-order chi connectivity index (χ1) is 9.24. The normalized spacial score (nSPS) is 16.5. The Morgan fingerprint density at radius 3 is 2.89 bits per heavy atom. The minimum absolute atomic E-state index is 0.271. The van der Waals surface area contributed by atoms with Gasteiger partial charge >= 0.3 is 0 Å². The van der Waals surface area contributed by atoms with Crippen molar-refractivity contribution in [2.75, 3.05) is 0 Å². The van der Waals surface area contributed by atoms with Gasteiger partial charge in [0.15, 0.2) is 5.78 Å². The highest BCUT2D eigenvalue weighted by atomic mass is 16.1. The molecule has 0 spiro atoms. The number of nitrogens with zero attached hydrogens (tertiary/aromatic N) is 2. The number of para-hydroxylation sites is 1. The van der Waals surface area contributed by atoms with Gasteiger partial charge in [-0.2, -0.15) is 5.10 Å². The highest BCUT2D eigenvalue weighted by Gasteiger charge is 2.13. The van der Waals surface area contributed by atoms with Crippen molar-refractivity contribution in [2.24, 2.45) is 7.05 Å². The summed E-state index contributed by atoms with van der Waals surface area (Å²) >= 11 is 0. The zero-order chi connectivity index (χ0) is 13.2. The summed E-state index contributed by atoms with van der Waals surface area (Å²) in [5.74, 6) is 0.271. The lowest BCUT2D eigenvalue weighted by Crippen LogP contribution is -1.96. The number of allylic oxidation sites excluding steroid dienone is 2. The predicted molar refractivity (Wildman–Crippen MR) is 76.0 cm³/mol. The second-order valence-corrected chi connectivity index (χ2v) is 5.24. The zero-order valence-corrected chi connectivity index (χ0v) is 11.2. The highest BCUT2D eigenvalue weighted by molar-refractivity contribution is 5.90. The monoisotopic (exact) mass is 254 g/mol. The summed E-state index contributed by atoms with van der Waals surface area (Å²) in [6, 6.07) is 8.26. The molecule has 0 N–H and O–H groups in total. The number of benzene rings is 1. The molecule has 3 rings (SSSR count). The first-order valence-electron chi connectivity index (χ1n) is 6.87. The Kier molecular flexibility index (Phi) is 3.20. The molecule has 1 aromatic carbocycles. The first-order valence-corrected chi connectivity index (χ1v) is 6.87. The molecule has 0 bridgehead atoms. The van der Waals surface area contributed by atoms with E-state index in [4.69, 9.17) is 0 Å². The van der Waals surface area contributed by atoms with Crippen molar-refractivity contribution in [2.45, 2.75) is 32.1 Å². The molecular formula is C16H18N2O.